The first-order valence-electron chi connectivity index (χ1n) is 8.06. The van der Waals surface area contributed by atoms with E-state index in [0.717, 1.165) is 32.6 Å². The van der Waals surface area contributed by atoms with Crippen molar-refractivity contribution in [1.82, 2.24) is 15.1 Å². The molecule has 1 N–H and O–H groups in total. The van der Waals surface area contributed by atoms with Gasteiger partial charge in [-0.1, -0.05) is 0 Å². The molecule has 1 saturated carbocycles. The first-order chi connectivity index (χ1) is 9.77. The second kappa shape index (κ2) is 6.23. The highest BCUT2D eigenvalue weighted by Crippen LogP contribution is 2.26. The predicted molar refractivity (Wildman–Crippen MR) is 84.3 cm³/mol. The van der Waals surface area contributed by atoms with Gasteiger partial charge < -0.3 is 9.64 Å². The van der Waals surface area contributed by atoms with Crippen molar-refractivity contribution in [2.75, 3.05) is 40.3 Å². The van der Waals surface area contributed by atoms with Gasteiger partial charge in [0, 0.05) is 37.8 Å². The van der Waals surface area contributed by atoms with E-state index < -0.39 is 5.54 Å². The Kier molecular flexibility index (Phi) is 4.96. The van der Waals surface area contributed by atoms with Gasteiger partial charge in [-0.15, -0.1) is 0 Å². The number of hydrogen-bond acceptors (Lipinski definition) is 5. The Balaban J connectivity index is 1.90. The molecule has 5 heteroatoms. The van der Waals surface area contributed by atoms with Gasteiger partial charge >= 0.3 is 5.97 Å². The summed E-state index contributed by atoms with van der Waals surface area (Å²) in [4.78, 5) is 17.0. The first kappa shape index (κ1) is 16.7. The third-order valence-corrected chi connectivity index (χ3v) is 5.06. The van der Waals surface area contributed by atoms with E-state index in [-0.39, 0.29) is 11.5 Å². The maximum absolute atomic E-state index is 12.1. The molecular weight excluding hydrogens is 266 g/mol. The number of nitrogens with one attached hydrogen (secondary N) is 1. The average molecular weight is 297 g/mol. The molecule has 122 valence electrons. The SMILES string of the molecule is COC(=O)C(C)(CCN1CCN(C)C(C)(C)C1)NC1CC1. The molecule has 1 unspecified atom stereocenters. The molecule has 2 rings (SSSR count). The van der Waals surface area contributed by atoms with Crippen LogP contribution in [0.1, 0.15) is 40.0 Å². The topological polar surface area (TPSA) is 44.8 Å². The van der Waals surface area contributed by atoms with Crippen molar-refractivity contribution in [2.24, 2.45) is 0 Å². The van der Waals surface area contributed by atoms with Crippen LogP contribution in [0.15, 0.2) is 0 Å². The Morgan fingerprint density at radius 3 is 2.57 bits per heavy atom. The zero-order valence-corrected chi connectivity index (χ0v) is 14.2. The van der Waals surface area contributed by atoms with Crippen molar-refractivity contribution in [3.8, 4) is 0 Å². The lowest BCUT2D eigenvalue weighted by molar-refractivity contribution is -0.148. The summed E-state index contributed by atoms with van der Waals surface area (Å²) >= 11 is 0. The molecule has 1 heterocycles. The molecule has 21 heavy (non-hydrogen) atoms. The first-order valence-corrected chi connectivity index (χ1v) is 8.06. The van der Waals surface area contributed by atoms with E-state index >= 15 is 0 Å². The van der Waals surface area contributed by atoms with E-state index in [1.54, 1.807) is 0 Å². The van der Waals surface area contributed by atoms with Crippen LogP contribution in [0, 0.1) is 0 Å². The number of ether oxygens (including phenoxy) is 1. The normalized spacial score (nSPS) is 26.3. The highest BCUT2D eigenvalue weighted by molar-refractivity contribution is 5.80. The second-order valence-electron chi connectivity index (χ2n) is 7.50. The van der Waals surface area contributed by atoms with Gasteiger partial charge in [-0.05, 0) is 47.1 Å². The lowest BCUT2D eigenvalue weighted by atomic mass is 9.95. The molecule has 5 nitrogen and oxygen atoms in total. The summed E-state index contributed by atoms with van der Waals surface area (Å²) in [5, 5.41) is 3.48. The zero-order chi connectivity index (χ0) is 15.7. The molecule has 0 aromatic carbocycles. The van der Waals surface area contributed by atoms with Crippen LogP contribution in [0.3, 0.4) is 0 Å². The van der Waals surface area contributed by atoms with Crippen molar-refractivity contribution >= 4 is 5.97 Å². The van der Waals surface area contributed by atoms with Gasteiger partial charge in [-0.3, -0.25) is 15.0 Å². The zero-order valence-electron chi connectivity index (χ0n) is 14.2. The fourth-order valence-electron chi connectivity index (χ4n) is 3.05. The van der Waals surface area contributed by atoms with E-state index in [4.69, 9.17) is 4.74 Å². The van der Waals surface area contributed by atoms with Gasteiger partial charge in [0.05, 0.1) is 7.11 Å². The molecule has 0 amide bonds. The molecule has 1 aliphatic carbocycles. The predicted octanol–water partition coefficient (Wildman–Crippen LogP) is 1.09. The van der Waals surface area contributed by atoms with Crippen molar-refractivity contribution < 1.29 is 9.53 Å². The van der Waals surface area contributed by atoms with Crippen LogP contribution in [0.5, 0.6) is 0 Å². The number of rotatable bonds is 6. The summed E-state index contributed by atoms with van der Waals surface area (Å²) in [6, 6.07) is 0.498. The number of nitrogens with zero attached hydrogens (tertiary/aromatic N) is 2. The Bertz CT molecular complexity index is 382. The van der Waals surface area contributed by atoms with Crippen LogP contribution < -0.4 is 5.32 Å². The van der Waals surface area contributed by atoms with Gasteiger partial charge in [0.25, 0.3) is 0 Å². The summed E-state index contributed by atoms with van der Waals surface area (Å²) in [5.41, 5.74) is -0.354. The third-order valence-electron chi connectivity index (χ3n) is 5.06. The van der Waals surface area contributed by atoms with Crippen LogP contribution in [-0.4, -0.2) is 73.2 Å². The quantitative estimate of drug-likeness (QED) is 0.744. The van der Waals surface area contributed by atoms with Gasteiger partial charge in [0.2, 0.25) is 0 Å². The van der Waals surface area contributed by atoms with E-state index in [9.17, 15) is 4.79 Å². The number of methoxy groups -OCH3 is 1. The minimum Gasteiger partial charge on any atom is -0.468 e. The Hall–Kier alpha value is -0.650. The van der Waals surface area contributed by atoms with E-state index in [2.05, 4.69) is 36.0 Å². The van der Waals surface area contributed by atoms with Gasteiger partial charge in [-0.25, -0.2) is 0 Å². The molecule has 1 atom stereocenters. The summed E-state index contributed by atoms with van der Waals surface area (Å²) in [5.74, 6) is -0.136. The van der Waals surface area contributed by atoms with Crippen LogP contribution in [-0.2, 0) is 9.53 Å². The Labute approximate surface area is 129 Å². The van der Waals surface area contributed by atoms with Gasteiger partial charge in [0.15, 0.2) is 0 Å². The van der Waals surface area contributed by atoms with E-state index in [0.29, 0.717) is 6.04 Å². The van der Waals surface area contributed by atoms with Crippen LogP contribution in [0.25, 0.3) is 0 Å². The fourth-order valence-corrected chi connectivity index (χ4v) is 3.05. The van der Waals surface area contributed by atoms with E-state index in [1.807, 2.05) is 6.92 Å². The summed E-state index contributed by atoms with van der Waals surface area (Å²) in [7, 11) is 3.67. The molecule has 1 aliphatic heterocycles. The fraction of sp³-hybridized carbons (Fsp3) is 0.938. The molecule has 0 aromatic rings. The number of likely N-dealkylation sites (N-methyl/N-ethyl adjacent to an activating group) is 1. The van der Waals surface area contributed by atoms with Gasteiger partial charge in [0.1, 0.15) is 5.54 Å². The number of carbonyl (C=O) groups excluding carboxylic acids is 1. The summed E-state index contributed by atoms with van der Waals surface area (Å²) in [6.07, 6.45) is 3.15. The van der Waals surface area contributed by atoms with Gasteiger partial charge in [-0.2, -0.15) is 0 Å². The molecule has 2 aliphatic rings. The van der Waals surface area contributed by atoms with Crippen LogP contribution in [0.4, 0.5) is 0 Å². The lowest BCUT2D eigenvalue weighted by Gasteiger charge is -2.46. The molecule has 0 spiro atoms. The van der Waals surface area contributed by atoms with Crippen LogP contribution >= 0.6 is 0 Å². The van der Waals surface area contributed by atoms with Crippen molar-refractivity contribution in [3.05, 3.63) is 0 Å². The number of esters is 1. The minimum atomic E-state index is -0.552. The second-order valence-corrected chi connectivity index (χ2v) is 7.50. The highest BCUT2D eigenvalue weighted by Gasteiger charge is 2.40. The third kappa shape index (κ3) is 4.18. The maximum Gasteiger partial charge on any atom is 0.325 e. The lowest BCUT2D eigenvalue weighted by Crippen LogP contribution is -2.59. The average Bonchev–Trinajstić information content (AvgIpc) is 3.22. The number of hydrogen-bond donors (Lipinski definition) is 1. The van der Waals surface area contributed by atoms with Crippen molar-refractivity contribution in [2.45, 2.75) is 57.2 Å². The molecule has 0 radical (unpaired) electrons. The maximum atomic E-state index is 12.1. The Morgan fingerprint density at radius 2 is 2.05 bits per heavy atom. The van der Waals surface area contributed by atoms with Crippen molar-refractivity contribution in [1.29, 1.82) is 0 Å². The minimum absolute atomic E-state index is 0.136. The molecule has 2 fully saturated rings. The largest absolute Gasteiger partial charge is 0.468 e. The smallest absolute Gasteiger partial charge is 0.325 e. The molecule has 0 bridgehead atoms. The number of carbonyl (C=O) groups is 1. The molecular formula is C16H31N3O2. The molecule has 0 aromatic heterocycles. The van der Waals surface area contributed by atoms with Crippen molar-refractivity contribution in [3.63, 3.8) is 0 Å². The summed E-state index contributed by atoms with van der Waals surface area (Å²) in [6.45, 7) is 10.7. The van der Waals surface area contributed by atoms with Crippen LogP contribution in [0.2, 0.25) is 0 Å². The monoisotopic (exact) mass is 297 g/mol. The number of piperazine rings is 1. The Morgan fingerprint density at radius 1 is 1.38 bits per heavy atom. The van der Waals surface area contributed by atoms with E-state index in [1.165, 1.54) is 20.0 Å². The molecule has 1 saturated heterocycles. The standard InChI is InChI=1S/C16H31N3O2/c1-15(2)12-19(11-10-18(15)4)9-8-16(3,14(20)21-5)17-13-6-7-13/h13,17H,6-12H2,1-5H3. The highest BCUT2D eigenvalue weighted by atomic mass is 16.5. The summed E-state index contributed by atoms with van der Waals surface area (Å²) < 4.78 is 5.01.